The Bertz CT molecular complexity index is 516. The number of rotatable bonds is 5. The summed E-state index contributed by atoms with van der Waals surface area (Å²) >= 11 is 0. The first kappa shape index (κ1) is 15.8. The lowest BCUT2D eigenvalue weighted by atomic mass is 10.1. The molecular formula is C16H25N3O2. The van der Waals surface area contributed by atoms with Gasteiger partial charge in [0.05, 0.1) is 13.7 Å². The molecule has 1 amide bonds. The third-order valence-electron chi connectivity index (χ3n) is 4.16. The van der Waals surface area contributed by atoms with E-state index in [1.807, 2.05) is 38.1 Å². The highest BCUT2D eigenvalue weighted by atomic mass is 16.5. The van der Waals surface area contributed by atoms with Crippen LogP contribution in [0.4, 0.5) is 0 Å². The van der Waals surface area contributed by atoms with Gasteiger partial charge in [0, 0.05) is 12.6 Å². The minimum Gasteiger partial charge on any atom is -0.496 e. The molecule has 5 nitrogen and oxygen atoms in total. The van der Waals surface area contributed by atoms with Crippen molar-refractivity contribution in [2.75, 3.05) is 34.3 Å². The number of nitrogens with one attached hydrogen (secondary N) is 1. The van der Waals surface area contributed by atoms with Crippen LogP contribution in [0.2, 0.25) is 0 Å². The monoisotopic (exact) mass is 291 g/mol. The average Bonchev–Trinajstić information content (AvgIpc) is 2.80. The number of hydrogen-bond donors (Lipinski definition) is 1. The van der Waals surface area contributed by atoms with Crippen molar-refractivity contribution in [1.82, 2.24) is 15.1 Å². The summed E-state index contributed by atoms with van der Waals surface area (Å²) in [4.78, 5) is 16.2. The normalized spacial score (nSPS) is 20.2. The van der Waals surface area contributed by atoms with Gasteiger partial charge in [0.2, 0.25) is 5.91 Å². The Morgan fingerprint density at radius 1 is 1.48 bits per heavy atom. The molecule has 0 aromatic heterocycles. The van der Waals surface area contributed by atoms with Crippen LogP contribution in [-0.4, -0.2) is 56.0 Å². The lowest BCUT2D eigenvalue weighted by Crippen LogP contribution is -2.41. The van der Waals surface area contributed by atoms with Crippen molar-refractivity contribution in [3.05, 3.63) is 29.3 Å². The number of benzene rings is 1. The summed E-state index contributed by atoms with van der Waals surface area (Å²) < 4.78 is 5.30. The van der Waals surface area contributed by atoms with Gasteiger partial charge in [-0.1, -0.05) is 6.07 Å². The fourth-order valence-corrected chi connectivity index (χ4v) is 2.56. The smallest absolute Gasteiger partial charge is 0.238 e. The summed E-state index contributed by atoms with van der Waals surface area (Å²) in [6.07, 6.45) is -0.0514. The zero-order chi connectivity index (χ0) is 15.6. The molecule has 21 heavy (non-hydrogen) atoms. The highest BCUT2D eigenvalue weighted by Crippen LogP contribution is 2.27. The molecular weight excluding hydrogens is 266 g/mol. The molecule has 1 fully saturated rings. The number of nitrogens with zero attached hydrogens (tertiary/aromatic N) is 2. The van der Waals surface area contributed by atoms with Crippen molar-refractivity contribution >= 4 is 5.91 Å². The van der Waals surface area contributed by atoms with E-state index in [4.69, 9.17) is 4.74 Å². The predicted molar refractivity (Wildman–Crippen MR) is 83.3 cm³/mol. The number of ether oxygens (including phenoxy) is 1. The SMILES string of the molecule is COc1ccc(C2NCC(=O)N2CC(C)N(C)C)cc1C. The van der Waals surface area contributed by atoms with E-state index in [2.05, 4.69) is 23.2 Å². The van der Waals surface area contributed by atoms with Crippen molar-refractivity contribution < 1.29 is 9.53 Å². The number of likely N-dealkylation sites (N-methyl/N-ethyl adjacent to an activating group) is 1. The molecule has 1 aromatic rings. The Hall–Kier alpha value is -1.59. The van der Waals surface area contributed by atoms with Crippen LogP contribution in [0.1, 0.15) is 24.2 Å². The fourth-order valence-electron chi connectivity index (χ4n) is 2.56. The van der Waals surface area contributed by atoms with Gasteiger partial charge in [-0.05, 0) is 51.2 Å². The highest BCUT2D eigenvalue weighted by molar-refractivity contribution is 5.81. The molecule has 2 rings (SSSR count). The van der Waals surface area contributed by atoms with Gasteiger partial charge >= 0.3 is 0 Å². The third-order valence-corrected chi connectivity index (χ3v) is 4.16. The van der Waals surface area contributed by atoms with Gasteiger partial charge in [-0.15, -0.1) is 0 Å². The summed E-state index contributed by atoms with van der Waals surface area (Å²) in [5.41, 5.74) is 2.18. The number of methoxy groups -OCH3 is 1. The first-order valence-corrected chi connectivity index (χ1v) is 7.28. The van der Waals surface area contributed by atoms with E-state index in [1.165, 1.54) is 0 Å². The number of carbonyl (C=O) groups excluding carboxylic acids is 1. The summed E-state index contributed by atoms with van der Waals surface area (Å²) in [6, 6.07) is 6.39. The van der Waals surface area contributed by atoms with Crippen molar-refractivity contribution in [2.45, 2.75) is 26.1 Å². The van der Waals surface area contributed by atoms with Crippen LogP contribution < -0.4 is 10.1 Å². The van der Waals surface area contributed by atoms with E-state index in [1.54, 1.807) is 7.11 Å². The molecule has 1 saturated heterocycles. The van der Waals surface area contributed by atoms with Gasteiger partial charge in [-0.2, -0.15) is 0 Å². The number of amides is 1. The Morgan fingerprint density at radius 3 is 2.76 bits per heavy atom. The summed E-state index contributed by atoms with van der Waals surface area (Å²) in [7, 11) is 5.74. The number of aryl methyl sites for hydroxylation is 1. The molecule has 0 radical (unpaired) electrons. The molecule has 1 aliphatic heterocycles. The van der Waals surface area contributed by atoms with Gasteiger partial charge in [0.1, 0.15) is 11.9 Å². The van der Waals surface area contributed by atoms with E-state index in [0.29, 0.717) is 19.1 Å². The molecule has 2 atom stereocenters. The summed E-state index contributed by atoms with van der Waals surface area (Å²) in [6.45, 7) is 5.26. The van der Waals surface area contributed by atoms with Crippen molar-refractivity contribution in [2.24, 2.45) is 0 Å². The lowest BCUT2D eigenvalue weighted by molar-refractivity contribution is -0.128. The van der Waals surface area contributed by atoms with E-state index in [0.717, 1.165) is 16.9 Å². The topological polar surface area (TPSA) is 44.8 Å². The maximum Gasteiger partial charge on any atom is 0.238 e. The molecule has 1 aromatic carbocycles. The van der Waals surface area contributed by atoms with Crippen LogP contribution in [0, 0.1) is 6.92 Å². The van der Waals surface area contributed by atoms with Crippen molar-refractivity contribution in [1.29, 1.82) is 0 Å². The first-order chi connectivity index (χ1) is 9.93. The molecule has 1 aliphatic rings. The Balaban J connectivity index is 2.21. The standard InChI is InChI=1S/C16H25N3O2/c1-11-8-13(6-7-14(11)21-5)16-17-9-15(20)19(16)10-12(2)18(3)4/h6-8,12,16-17H,9-10H2,1-5H3. The molecule has 0 aliphatic carbocycles. The number of carbonyl (C=O) groups is 1. The van der Waals surface area contributed by atoms with Gasteiger partial charge in [0.15, 0.2) is 0 Å². The van der Waals surface area contributed by atoms with Gasteiger partial charge in [0.25, 0.3) is 0 Å². The minimum absolute atomic E-state index is 0.0514. The zero-order valence-electron chi connectivity index (χ0n) is 13.5. The predicted octanol–water partition coefficient (Wildman–Crippen LogP) is 1.38. The second kappa shape index (κ2) is 6.45. The first-order valence-electron chi connectivity index (χ1n) is 7.28. The molecule has 1 N–H and O–H groups in total. The van der Waals surface area contributed by atoms with E-state index < -0.39 is 0 Å². The Kier molecular flexibility index (Phi) is 4.85. The fraction of sp³-hybridized carbons (Fsp3) is 0.562. The van der Waals surface area contributed by atoms with Crippen molar-refractivity contribution in [3.63, 3.8) is 0 Å². The quantitative estimate of drug-likeness (QED) is 0.890. The van der Waals surface area contributed by atoms with Crippen LogP contribution in [0.15, 0.2) is 18.2 Å². The maximum atomic E-state index is 12.1. The van der Waals surface area contributed by atoms with Gasteiger partial charge in [-0.25, -0.2) is 0 Å². The van der Waals surface area contributed by atoms with E-state index in [-0.39, 0.29) is 12.1 Å². The van der Waals surface area contributed by atoms with E-state index in [9.17, 15) is 4.79 Å². The third kappa shape index (κ3) is 3.36. The van der Waals surface area contributed by atoms with Crippen LogP contribution in [-0.2, 0) is 4.79 Å². The van der Waals surface area contributed by atoms with Crippen LogP contribution in [0.3, 0.4) is 0 Å². The number of hydrogen-bond acceptors (Lipinski definition) is 4. The Morgan fingerprint density at radius 2 is 2.19 bits per heavy atom. The highest BCUT2D eigenvalue weighted by Gasteiger charge is 2.32. The maximum absolute atomic E-state index is 12.1. The largest absolute Gasteiger partial charge is 0.496 e. The van der Waals surface area contributed by atoms with E-state index >= 15 is 0 Å². The molecule has 0 saturated carbocycles. The molecule has 0 bridgehead atoms. The van der Waals surface area contributed by atoms with Gasteiger partial charge < -0.3 is 14.5 Å². The van der Waals surface area contributed by atoms with Crippen LogP contribution in [0.25, 0.3) is 0 Å². The van der Waals surface area contributed by atoms with Gasteiger partial charge in [-0.3, -0.25) is 10.1 Å². The molecule has 2 unspecified atom stereocenters. The van der Waals surface area contributed by atoms with Crippen molar-refractivity contribution in [3.8, 4) is 5.75 Å². The molecule has 0 spiro atoms. The van der Waals surface area contributed by atoms with Crippen LogP contribution in [0.5, 0.6) is 5.75 Å². The minimum atomic E-state index is -0.0514. The molecule has 1 heterocycles. The molecule has 5 heteroatoms. The second-order valence-corrected chi connectivity index (χ2v) is 5.87. The average molecular weight is 291 g/mol. The van der Waals surface area contributed by atoms with Crippen LogP contribution >= 0.6 is 0 Å². The second-order valence-electron chi connectivity index (χ2n) is 5.87. The molecule has 116 valence electrons. The summed E-state index contributed by atoms with van der Waals surface area (Å²) in [5, 5.41) is 3.30. The lowest BCUT2D eigenvalue weighted by Gasteiger charge is -2.30. The summed E-state index contributed by atoms with van der Waals surface area (Å²) in [5.74, 6) is 1.03. The Labute approximate surface area is 126 Å². The zero-order valence-corrected chi connectivity index (χ0v) is 13.5.